The van der Waals surface area contributed by atoms with E-state index in [1.54, 1.807) is 0 Å². The molecule has 0 bridgehead atoms. The molecule has 0 unspecified atom stereocenters. The Labute approximate surface area is 96.5 Å². The van der Waals surface area contributed by atoms with Crippen LogP contribution in [-0.2, 0) is 14.4 Å². The molecule has 0 saturated heterocycles. The standard InChI is InChI=1S/C6HF9O4/c7-1(8)2(9)18-6(14,15)5(12,13)4(10,11)3(16)19-17/h17H. The van der Waals surface area contributed by atoms with E-state index >= 15 is 0 Å². The van der Waals surface area contributed by atoms with Crippen molar-refractivity contribution in [1.29, 1.82) is 0 Å². The maximum atomic E-state index is 12.6. The average Bonchev–Trinajstić information content (AvgIpc) is 2.26. The largest absolute Gasteiger partial charge is 0.473 e. The molecule has 0 amide bonds. The zero-order chi connectivity index (χ0) is 15.6. The van der Waals surface area contributed by atoms with Gasteiger partial charge in [0.25, 0.3) is 0 Å². The average molecular weight is 308 g/mol. The van der Waals surface area contributed by atoms with Crippen LogP contribution in [0, 0.1) is 0 Å². The van der Waals surface area contributed by atoms with Crippen LogP contribution in [0.5, 0.6) is 0 Å². The van der Waals surface area contributed by atoms with Crippen molar-refractivity contribution in [3.8, 4) is 0 Å². The molecule has 19 heavy (non-hydrogen) atoms. The lowest BCUT2D eigenvalue weighted by Crippen LogP contribution is -2.59. The van der Waals surface area contributed by atoms with E-state index in [-0.39, 0.29) is 0 Å². The normalized spacial score (nSPS) is 12.9. The van der Waals surface area contributed by atoms with Gasteiger partial charge in [0, 0.05) is 0 Å². The maximum Gasteiger partial charge on any atom is 0.473 e. The zero-order valence-corrected chi connectivity index (χ0v) is 8.07. The highest BCUT2D eigenvalue weighted by Gasteiger charge is 2.79. The van der Waals surface area contributed by atoms with Crippen LogP contribution >= 0.6 is 0 Å². The molecule has 0 saturated carbocycles. The summed E-state index contributed by atoms with van der Waals surface area (Å²) in [4.78, 5) is 12.1. The molecule has 0 heterocycles. The Bertz CT molecular complexity index is 386. The molecular formula is C6HF9O4. The minimum Gasteiger partial charge on any atom is -0.397 e. The molecule has 112 valence electrons. The Morgan fingerprint density at radius 1 is 0.947 bits per heavy atom. The molecule has 0 fully saturated rings. The first-order valence-electron chi connectivity index (χ1n) is 3.70. The van der Waals surface area contributed by atoms with Crippen molar-refractivity contribution in [2.24, 2.45) is 0 Å². The first-order valence-corrected chi connectivity index (χ1v) is 3.70. The highest BCUT2D eigenvalue weighted by molar-refractivity contribution is 5.78. The van der Waals surface area contributed by atoms with Crippen molar-refractivity contribution in [3.63, 3.8) is 0 Å². The van der Waals surface area contributed by atoms with Crippen molar-refractivity contribution >= 4 is 5.97 Å². The quantitative estimate of drug-likeness (QED) is 0.367. The summed E-state index contributed by atoms with van der Waals surface area (Å²) in [5.41, 5.74) is 0. The van der Waals surface area contributed by atoms with Gasteiger partial charge in [-0.25, -0.2) is 4.79 Å². The molecule has 4 nitrogen and oxygen atoms in total. The molecule has 1 N–H and O–H groups in total. The van der Waals surface area contributed by atoms with Crippen molar-refractivity contribution in [1.82, 2.24) is 0 Å². The Balaban J connectivity index is 5.51. The fraction of sp³-hybridized carbons (Fsp3) is 0.500. The lowest BCUT2D eigenvalue weighted by atomic mass is 10.1. The first kappa shape index (κ1) is 17.3. The topological polar surface area (TPSA) is 55.8 Å². The van der Waals surface area contributed by atoms with Gasteiger partial charge in [-0.3, -0.25) is 4.89 Å². The predicted octanol–water partition coefficient (Wildman–Crippen LogP) is 2.92. The number of carbonyl (C=O) groups excluding carboxylic acids is 1. The Morgan fingerprint density at radius 2 is 1.37 bits per heavy atom. The summed E-state index contributed by atoms with van der Waals surface area (Å²) in [7, 11) is 0. The minimum absolute atomic E-state index is 2.06. The monoisotopic (exact) mass is 308 g/mol. The number of alkyl halides is 6. The van der Waals surface area contributed by atoms with Crippen LogP contribution in [0.1, 0.15) is 0 Å². The molecule has 0 aliphatic carbocycles. The molecule has 13 heteroatoms. The van der Waals surface area contributed by atoms with Crippen LogP contribution in [0.2, 0.25) is 0 Å². The van der Waals surface area contributed by atoms with E-state index < -0.39 is 36.0 Å². The van der Waals surface area contributed by atoms with E-state index in [9.17, 15) is 44.3 Å². The Kier molecular flexibility index (Phi) is 4.69. The van der Waals surface area contributed by atoms with Crippen LogP contribution in [-0.4, -0.2) is 29.2 Å². The van der Waals surface area contributed by atoms with Gasteiger partial charge in [-0.15, -0.1) is 0 Å². The summed E-state index contributed by atoms with van der Waals surface area (Å²) in [5.74, 6) is -16.7. The summed E-state index contributed by atoms with van der Waals surface area (Å²) < 4.78 is 112. The van der Waals surface area contributed by atoms with Crippen molar-refractivity contribution < 1.29 is 59.2 Å². The molecule has 0 aromatic rings. The van der Waals surface area contributed by atoms with Gasteiger partial charge < -0.3 is 4.74 Å². The van der Waals surface area contributed by atoms with Crippen LogP contribution < -0.4 is 0 Å². The third-order valence-electron chi connectivity index (χ3n) is 1.47. The number of rotatable bonds is 5. The molecular weight excluding hydrogens is 307 g/mol. The third-order valence-corrected chi connectivity index (χ3v) is 1.47. The highest BCUT2D eigenvalue weighted by Crippen LogP contribution is 2.48. The van der Waals surface area contributed by atoms with Crippen LogP contribution in [0.4, 0.5) is 39.5 Å². The molecule has 0 aliphatic rings. The van der Waals surface area contributed by atoms with Gasteiger partial charge in [0.2, 0.25) is 0 Å². The van der Waals surface area contributed by atoms with Gasteiger partial charge >= 0.3 is 36.0 Å². The van der Waals surface area contributed by atoms with Gasteiger partial charge in [-0.1, -0.05) is 0 Å². The van der Waals surface area contributed by atoms with Gasteiger partial charge in [0.15, 0.2) is 0 Å². The van der Waals surface area contributed by atoms with E-state index in [1.165, 1.54) is 0 Å². The van der Waals surface area contributed by atoms with Crippen molar-refractivity contribution in [2.75, 3.05) is 0 Å². The van der Waals surface area contributed by atoms with Gasteiger partial charge in [0.1, 0.15) is 0 Å². The highest BCUT2D eigenvalue weighted by atomic mass is 19.4. The van der Waals surface area contributed by atoms with E-state index in [1.807, 2.05) is 0 Å². The van der Waals surface area contributed by atoms with Crippen molar-refractivity contribution in [3.05, 3.63) is 12.1 Å². The smallest absolute Gasteiger partial charge is 0.397 e. The molecule has 0 rings (SSSR count). The summed E-state index contributed by atoms with van der Waals surface area (Å²) in [6.45, 7) is 0. The molecule has 0 aliphatic heterocycles. The SMILES string of the molecule is O=C(OO)C(F)(F)C(F)(F)C(F)(F)OC(F)=C(F)F. The number of carbonyl (C=O) groups is 1. The van der Waals surface area contributed by atoms with Crippen LogP contribution in [0.15, 0.2) is 12.1 Å². The lowest BCUT2D eigenvalue weighted by molar-refractivity contribution is -0.392. The number of hydrogen-bond donors (Lipinski definition) is 1. The molecule has 0 spiro atoms. The maximum absolute atomic E-state index is 12.6. The zero-order valence-electron chi connectivity index (χ0n) is 8.07. The Hall–Kier alpha value is -1.66. The fourth-order valence-electron chi connectivity index (χ4n) is 0.583. The molecule has 0 aromatic carbocycles. The summed E-state index contributed by atoms with van der Waals surface area (Å²) in [5, 5.41) is 7.42. The fourth-order valence-corrected chi connectivity index (χ4v) is 0.583. The third kappa shape index (κ3) is 3.02. The van der Waals surface area contributed by atoms with Crippen LogP contribution in [0.3, 0.4) is 0 Å². The van der Waals surface area contributed by atoms with E-state index in [0.29, 0.717) is 0 Å². The van der Waals surface area contributed by atoms with E-state index in [0.717, 1.165) is 0 Å². The lowest BCUT2D eigenvalue weighted by Gasteiger charge is -2.29. The molecule has 0 atom stereocenters. The van der Waals surface area contributed by atoms with E-state index in [4.69, 9.17) is 5.26 Å². The summed E-state index contributed by atoms with van der Waals surface area (Å²) in [6.07, 6.45) is -10.2. The second-order valence-electron chi connectivity index (χ2n) is 2.68. The number of ether oxygens (including phenoxy) is 1. The second kappa shape index (κ2) is 5.14. The Morgan fingerprint density at radius 3 is 1.68 bits per heavy atom. The van der Waals surface area contributed by atoms with Gasteiger partial charge in [-0.05, 0) is 0 Å². The van der Waals surface area contributed by atoms with Gasteiger partial charge in [-0.2, -0.15) is 44.8 Å². The molecule has 0 aromatic heterocycles. The number of hydrogen-bond acceptors (Lipinski definition) is 4. The van der Waals surface area contributed by atoms with E-state index in [2.05, 4.69) is 9.62 Å². The minimum atomic E-state index is -6.80. The molecule has 0 radical (unpaired) electrons. The van der Waals surface area contributed by atoms with Crippen molar-refractivity contribution in [2.45, 2.75) is 18.0 Å². The predicted molar refractivity (Wildman–Crippen MR) is 35.0 cm³/mol. The summed E-state index contributed by atoms with van der Waals surface area (Å²) >= 11 is 0. The van der Waals surface area contributed by atoms with Crippen LogP contribution in [0.25, 0.3) is 0 Å². The summed E-state index contributed by atoms with van der Waals surface area (Å²) in [6, 6.07) is -3.56. The second-order valence-corrected chi connectivity index (χ2v) is 2.68. The first-order chi connectivity index (χ1) is 8.31. The van der Waals surface area contributed by atoms with Gasteiger partial charge in [0.05, 0.1) is 0 Å². The number of halogens is 9.